The molecule has 1 aromatic carbocycles. The van der Waals surface area contributed by atoms with Gasteiger partial charge in [0.25, 0.3) is 0 Å². The number of amides is 2. The van der Waals surface area contributed by atoms with Crippen LogP contribution >= 0.6 is 22.9 Å². The van der Waals surface area contributed by atoms with Crippen LogP contribution in [0.1, 0.15) is 4.88 Å². The molecule has 1 aliphatic rings. The summed E-state index contributed by atoms with van der Waals surface area (Å²) < 4.78 is 11.7. The molecule has 0 bridgehead atoms. The minimum absolute atomic E-state index is 0.193. The molecule has 1 N–H and O–H groups in total. The van der Waals surface area contributed by atoms with Gasteiger partial charge in [-0.25, -0.2) is 4.79 Å². The molecule has 0 fully saturated rings. The summed E-state index contributed by atoms with van der Waals surface area (Å²) in [6.45, 7) is 1.57. The van der Waals surface area contributed by atoms with Crippen LogP contribution < -0.4 is 14.8 Å². The standard InChI is InChI=1S/C15H15ClN2O3S/c1-18(9-11-3-5-14(16)22-11)15(19)17-10-2-4-12-13(8-10)21-7-6-20-12/h2-5,8H,6-7,9H2,1H3,(H,17,19). The number of fused-ring (bicyclic) bond motifs is 1. The van der Waals surface area contributed by atoms with E-state index in [1.807, 2.05) is 12.1 Å². The molecule has 0 spiro atoms. The first kappa shape index (κ1) is 15.0. The molecule has 1 aliphatic heterocycles. The van der Waals surface area contributed by atoms with Gasteiger partial charge in [-0.1, -0.05) is 11.6 Å². The van der Waals surface area contributed by atoms with E-state index in [-0.39, 0.29) is 6.03 Å². The predicted molar refractivity (Wildman–Crippen MR) is 87.2 cm³/mol. The molecular weight excluding hydrogens is 324 g/mol. The minimum Gasteiger partial charge on any atom is -0.486 e. The Morgan fingerprint density at radius 3 is 2.77 bits per heavy atom. The molecule has 2 aromatic rings. The maximum atomic E-state index is 12.2. The predicted octanol–water partition coefficient (Wildman–Crippen LogP) is 3.84. The lowest BCUT2D eigenvalue weighted by Gasteiger charge is -2.20. The zero-order valence-electron chi connectivity index (χ0n) is 12.0. The van der Waals surface area contributed by atoms with Crippen molar-refractivity contribution >= 4 is 34.7 Å². The zero-order valence-corrected chi connectivity index (χ0v) is 13.5. The van der Waals surface area contributed by atoms with Gasteiger partial charge >= 0.3 is 6.03 Å². The lowest BCUT2D eigenvalue weighted by Crippen LogP contribution is -2.30. The molecule has 0 unspecified atom stereocenters. The number of anilines is 1. The fourth-order valence-corrected chi connectivity index (χ4v) is 3.22. The highest BCUT2D eigenvalue weighted by Gasteiger charge is 2.14. The van der Waals surface area contributed by atoms with Gasteiger partial charge in [-0.05, 0) is 24.3 Å². The van der Waals surface area contributed by atoms with Crippen molar-refractivity contribution in [1.29, 1.82) is 0 Å². The second-order valence-corrected chi connectivity index (χ2v) is 6.65. The van der Waals surface area contributed by atoms with Gasteiger partial charge in [0.15, 0.2) is 11.5 Å². The Kier molecular flexibility index (Phi) is 4.40. The second-order valence-electron chi connectivity index (χ2n) is 4.85. The second kappa shape index (κ2) is 6.46. The Balaban J connectivity index is 1.63. The van der Waals surface area contributed by atoms with Gasteiger partial charge in [-0.15, -0.1) is 11.3 Å². The van der Waals surface area contributed by atoms with E-state index in [0.29, 0.717) is 36.9 Å². The average molecular weight is 339 g/mol. The molecule has 0 aliphatic carbocycles. The number of nitrogens with one attached hydrogen (secondary N) is 1. The smallest absolute Gasteiger partial charge is 0.321 e. The first-order chi connectivity index (χ1) is 10.6. The summed E-state index contributed by atoms with van der Waals surface area (Å²) in [5, 5.41) is 2.84. The number of thiophene rings is 1. The van der Waals surface area contributed by atoms with Crippen LogP contribution in [0.2, 0.25) is 4.34 Å². The van der Waals surface area contributed by atoms with Crippen molar-refractivity contribution in [2.75, 3.05) is 25.6 Å². The van der Waals surface area contributed by atoms with Crippen molar-refractivity contribution in [1.82, 2.24) is 4.90 Å². The van der Waals surface area contributed by atoms with Gasteiger partial charge in [-0.3, -0.25) is 0 Å². The average Bonchev–Trinajstić information content (AvgIpc) is 2.92. The summed E-state index contributed by atoms with van der Waals surface area (Å²) in [5.74, 6) is 1.35. The van der Waals surface area contributed by atoms with Crippen molar-refractivity contribution < 1.29 is 14.3 Å². The molecule has 0 radical (unpaired) electrons. The lowest BCUT2D eigenvalue weighted by atomic mass is 10.2. The summed E-state index contributed by atoms with van der Waals surface area (Å²) in [6, 6.07) is 8.91. The number of ether oxygens (including phenoxy) is 2. The van der Waals surface area contributed by atoms with Crippen molar-refractivity contribution in [2.45, 2.75) is 6.54 Å². The van der Waals surface area contributed by atoms with Gasteiger partial charge < -0.3 is 19.7 Å². The molecule has 0 saturated heterocycles. The monoisotopic (exact) mass is 338 g/mol. The largest absolute Gasteiger partial charge is 0.486 e. The van der Waals surface area contributed by atoms with E-state index in [9.17, 15) is 4.79 Å². The molecule has 0 atom stereocenters. The topological polar surface area (TPSA) is 50.8 Å². The van der Waals surface area contributed by atoms with Crippen LogP contribution in [0.4, 0.5) is 10.5 Å². The van der Waals surface area contributed by atoms with Crippen LogP contribution in [-0.2, 0) is 6.54 Å². The molecule has 7 heteroatoms. The Morgan fingerprint density at radius 2 is 2.05 bits per heavy atom. The van der Waals surface area contributed by atoms with Gasteiger partial charge in [-0.2, -0.15) is 0 Å². The van der Waals surface area contributed by atoms with Crippen molar-refractivity contribution in [2.24, 2.45) is 0 Å². The number of carbonyl (C=O) groups is 1. The van der Waals surface area contributed by atoms with Gasteiger partial charge in [0.1, 0.15) is 13.2 Å². The van der Waals surface area contributed by atoms with Crippen molar-refractivity contribution in [3.8, 4) is 11.5 Å². The van der Waals surface area contributed by atoms with E-state index in [4.69, 9.17) is 21.1 Å². The highest BCUT2D eigenvalue weighted by molar-refractivity contribution is 7.16. The molecule has 22 heavy (non-hydrogen) atoms. The number of halogens is 1. The molecule has 1 aromatic heterocycles. The molecule has 116 valence electrons. The molecule has 3 rings (SSSR count). The van der Waals surface area contributed by atoms with Gasteiger partial charge in [0.2, 0.25) is 0 Å². The number of hydrogen-bond donors (Lipinski definition) is 1. The number of nitrogens with zero attached hydrogens (tertiary/aromatic N) is 1. The van der Waals surface area contributed by atoms with Crippen LogP contribution in [-0.4, -0.2) is 31.2 Å². The Hall–Kier alpha value is -1.92. The Morgan fingerprint density at radius 1 is 1.27 bits per heavy atom. The van der Waals surface area contributed by atoms with E-state index in [0.717, 1.165) is 9.21 Å². The fourth-order valence-electron chi connectivity index (χ4n) is 2.08. The van der Waals surface area contributed by atoms with Crippen LogP contribution in [0.3, 0.4) is 0 Å². The first-order valence-corrected chi connectivity index (χ1v) is 7.97. The Labute approximate surface area is 137 Å². The van der Waals surface area contributed by atoms with Crippen LogP contribution in [0.25, 0.3) is 0 Å². The number of urea groups is 1. The van der Waals surface area contributed by atoms with Crippen molar-refractivity contribution in [3.63, 3.8) is 0 Å². The Bertz CT molecular complexity index is 689. The quantitative estimate of drug-likeness (QED) is 0.925. The summed E-state index contributed by atoms with van der Waals surface area (Å²) >= 11 is 7.36. The SMILES string of the molecule is CN(Cc1ccc(Cl)s1)C(=O)Nc1ccc2c(c1)OCCO2. The highest BCUT2D eigenvalue weighted by Crippen LogP contribution is 2.32. The summed E-state index contributed by atoms with van der Waals surface area (Å²) in [4.78, 5) is 14.8. The third kappa shape index (κ3) is 3.45. The zero-order chi connectivity index (χ0) is 15.5. The molecule has 2 heterocycles. The van der Waals surface area contributed by atoms with Crippen LogP contribution in [0, 0.1) is 0 Å². The van der Waals surface area contributed by atoms with Crippen LogP contribution in [0.5, 0.6) is 11.5 Å². The number of carbonyl (C=O) groups excluding carboxylic acids is 1. The number of hydrogen-bond acceptors (Lipinski definition) is 4. The van der Waals surface area contributed by atoms with E-state index in [1.165, 1.54) is 11.3 Å². The maximum absolute atomic E-state index is 12.2. The summed E-state index contributed by atoms with van der Waals surface area (Å²) in [5.41, 5.74) is 0.672. The maximum Gasteiger partial charge on any atom is 0.321 e. The molecule has 2 amide bonds. The summed E-state index contributed by atoms with van der Waals surface area (Å²) in [6.07, 6.45) is 0. The highest BCUT2D eigenvalue weighted by atomic mass is 35.5. The molecule has 5 nitrogen and oxygen atoms in total. The number of rotatable bonds is 3. The lowest BCUT2D eigenvalue weighted by molar-refractivity contribution is 0.171. The number of benzene rings is 1. The third-order valence-corrected chi connectivity index (χ3v) is 4.38. The first-order valence-electron chi connectivity index (χ1n) is 6.78. The van der Waals surface area contributed by atoms with E-state index in [2.05, 4.69) is 5.32 Å². The minimum atomic E-state index is -0.193. The van der Waals surface area contributed by atoms with E-state index in [1.54, 1.807) is 30.1 Å². The molecular formula is C15H15ClN2O3S. The molecule has 0 saturated carbocycles. The normalized spacial score (nSPS) is 12.8. The van der Waals surface area contributed by atoms with E-state index < -0.39 is 0 Å². The van der Waals surface area contributed by atoms with E-state index >= 15 is 0 Å². The third-order valence-electron chi connectivity index (χ3n) is 3.16. The van der Waals surface area contributed by atoms with Crippen molar-refractivity contribution in [3.05, 3.63) is 39.5 Å². The fraction of sp³-hybridized carbons (Fsp3) is 0.267. The summed E-state index contributed by atoms with van der Waals surface area (Å²) in [7, 11) is 1.74. The van der Waals surface area contributed by atoms with Crippen LogP contribution in [0.15, 0.2) is 30.3 Å². The van der Waals surface area contributed by atoms with Gasteiger partial charge in [0.05, 0.1) is 10.9 Å². The van der Waals surface area contributed by atoms with Gasteiger partial charge in [0, 0.05) is 23.7 Å².